The Morgan fingerprint density at radius 3 is 2.44 bits per heavy atom. The van der Waals surface area contributed by atoms with E-state index in [1.54, 1.807) is 0 Å². The van der Waals surface area contributed by atoms with Crippen LogP contribution >= 0.6 is 0 Å². The van der Waals surface area contributed by atoms with E-state index < -0.39 is 0 Å². The summed E-state index contributed by atoms with van der Waals surface area (Å²) in [6, 6.07) is 0.463. The lowest BCUT2D eigenvalue weighted by Crippen LogP contribution is -2.24. The minimum Gasteiger partial charge on any atom is -0.382 e. The van der Waals surface area contributed by atoms with Crippen molar-refractivity contribution in [3.63, 3.8) is 0 Å². The zero-order chi connectivity index (χ0) is 13.4. The van der Waals surface area contributed by atoms with E-state index in [9.17, 15) is 0 Å². The van der Waals surface area contributed by atoms with Crippen LogP contribution in [0.4, 0.5) is 0 Å². The van der Waals surface area contributed by atoms with E-state index in [2.05, 4.69) is 43.6 Å². The Morgan fingerprint density at radius 1 is 1.17 bits per heavy atom. The Kier molecular flexibility index (Phi) is 5.99. The van der Waals surface area contributed by atoms with E-state index in [-0.39, 0.29) is 0 Å². The number of hydrogen-bond acceptors (Lipinski definition) is 1. The standard InChI is InChI=1S/C17H23N/c1-5-9-15-13-17(12-14(15)8-4)18-16(10-6-2)11-7-3/h5-11,17-18H,1-2,12-13H2,3-4H3/b11-7-,14-8-,15-9-,16-10+. The molecule has 1 fully saturated rings. The van der Waals surface area contributed by atoms with Gasteiger partial charge in [-0.15, -0.1) is 0 Å². The first-order valence-electron chi connectivity index (χ1n) is 6.44. The molecule has 0 aromatic carbocycles. The summed E-state index contributed by atoms with van der Waals surface area (Å²) in [6.45, 7) is 11.6. The second-order valence-electron chi connectivity index (χ2n) is 4.35. The molecule has 1 aliphatic carbocycles. The monoisotopic (exact) mass is 241 g/mol. The molecule has 1 N–H and O–H groups in total. The van der Waals surface area contributed by atoms with Crippen molar-refractivity contribution < 1.29 is 0 Å². The van der Waals surface area contributed by atoms with Crippen molar-refractivity contribution in [2.75, 3.05) is 0 Å². The van der Waals surface area contributed by atoms with Gasteiger partial charge in [0, 0.05) is 11.7 Å². The summed E-state index contributed by atoms with van der Waals surface area (Å²) in [4.78, 5) is 0. The lowest BCUT2D eigenvalue weighted by molar-refractivity contribution is 0.614. The molecule has 0 aromatic heterocycles. The van der Waals surface area contributed by atoms with Crippen molar-refractivity contribution in [1.82, 2.24) is 5.32 Å². The second kappa shape index (κ2) is 7.54. The molecular weight excluding hydrogens is 218 g/mol. The van der Waals surface area contributed by atoms with Gasteiger partial charge in [-0.25, -0.2) is 0 Å². The number of allylic oxidation sites excluding steroid dienone is 7. The van der Waals surface area contributed by atoms with Crippen molar-refractivity contribution in [2.24, 2.45) is 0 Å². The summed E-state index contributed by atoms with van der Waals surface area (Å²) < 4.78 is 0. The van der Waals surface area contributed by atoms with E-state index in [1.807, 2.05) is 31.2 Å². The van der Waals surface area contributed by atoms with Crippen LogP contribution < -0.4 is 5.32 Å². The Hall–Kier alpha value is -1.76. The van der Waals surface area contributed by atoms with Crippen LogP contribution in [0.2, 0.25) is 0 Å². The van der Waals surface area contributed by atoms with Gasteiger partial charge in [-0.1, -0.05) is 43.5 Å². The van der Waals surface area contributed by atoms with Gasteiger partial charge in [-0.2, -0.15) is 0 Å². The maximum absolute atomic E-state index is 3.78. The Labute approximate surface area is 111 Å². The first-order chi connectivity index (χ1) is 8.74. The number of nitrogens with one attached hydrogen (secondary N) is 1. The molecule has 1 atom stereocenters. The third-order valence-electron chi connectivity index (χ3n) is 3.03. The second-order valence-corrected chi connectivity index (χ2v) is 4.35. The van der Waals surface area contributed by atoms with Gasteiger partial charge >= 0.3 is 0 Å². The lowest BCUT2D eigenvalue weighted by Gasteiger charge is -2.13. The molecule has 1 unspecified atom stereocenters. The average Bonchev–Trinajstić information content (AvgIpc) is 2.72. The van der Waals surface area contributed by atoms with Crippen LogP contribution in [0.5, 0.6) is 0 Å². The summed E-state index contributed by atoms with van der Waals surface area (Å²) in [5.74, 6) is 0. The molecule has 1 nitrogen and oxygen atoms in total. The fraction of sp³-hybridized carbons (Fsp3) is 0.294. The fourth-order valence-corrected chi connectivity index (χ4v) is 2.28. The summed E-state index contributed by atoms with van der Waals surface area (Å²) in [5, 5.41) is 3.56. The Balaban J connectivity index is 2.76. The molecule has 1 rings (SSSR count). The first kappa shape index (κ1) is 14.3. The zero-order valence-electron chi connectivity index (χ0n) is 11.4. The predicted octanol–water partition coefficient (Wildman–Crippen LogP) is 4.44. The van der Waals surface area contributed by atoms with E-state index in [4.69, 9.17) is 0 Å². The van der Waals surface area contributed by atoms with Gasteiger partial charge in [0.15, 0.2) is 0 Å². The molecule has 18 heavy (non-hydrogen) atoms. The molecule has 0 bridgehead atoms. The van der Waals surface area contributed by atoms with Gasteiger partial charge in [0.1, 0.15) is 0 Å². The van der Waals surface area contributed by atoms with E-state index >= 15 is 0 Å². The van der Waals surface area contributed by atoms with Crippen molar-refractivity contribution in [3.8, 4) is 0 Å². The van der Waals surface area contributed by atoms with Crippen LogP contribution in [0.1, 0.15) is 26.7 Å². The number of rotatable bonds is 5. The molecule has 0 radical (unpaired) electrons. The minimum atomic E-state index is 0.463. The van der Waals surface area contributed by atoms with Gasteiger partial charge in [-0.05, 0) is 50.0 Å². The Bertz CT molecular complexity index is 419. The molecule has 0 saturated heterocycles. The lowest BCUT2D eigenvalue weighted by atomic mass is 10.1. The van der Waals surface area contributed by atoms with Crippen LogP contribution in [0.3, 0.4) is 0 Å². The van der Waals surface area contributed by atoms with Crippen molar-refractivity contribution >= 4 is 0 Å². The molecular formula is C17H23N. The molecule has 0 spiro atoms. The van der Waals surface area contributed by atoms with E-state index in [0.717, 1.165) is 18.5 Å². The SMILES string of the molecule is C=C/C=C1/CC(NC(/C=C\C)=C/C=C)C/C1=C/C. The highest BCUT2D eigenvalue weighted by molar-refractivity contribution is 5.40. The van der Waals surface area contributed by atoms with Gasteiger partial charge in [0.2, 0.25) is 0 Å². The highest BCUT2D eigenvalue weighted by Crippen LogP contribution is 2.31. The molecule has 0 aromatic rings. The highest BCUT2D eigenvalue weighted by atomic mass is 14.9. The van der Waals surface area contributed by atoms with Crippen LogP contribution in [-0.2, 0) is 0 Å². The van der Waals surface area contributed by atoms with Crippen molar-refractivity contribution in [1.29, 1.82) is 0 Å². The van der Waals surface area contributed by atoms with Crippen molar-refractivity contribution in [2.45, 2.75) is 32.7 Å². The molecule has 1 heteroatoms. The smallest absolute Gasteiger partial charge is 0.0342 e. The van der Waals surface area contributed by atoms with Crippen LogP contribution in [-0.4, -0.2) is 6.04 Å². The average molecular weight is 241 g/mol. The summed E-state index contributed by atoms with van der Waals surface area (Å²) in [5.41, 5.74) is 3.93. The maximum atomic E-state index is 3.78. The molecule has 1 saturated carbocycles. The van der Waals surface area contributed by atoms with Gasteiger partial charge in [-0.3, -0.25) is 0 Å². The third kappa shape index (κ3) is 3.92. The number of hydrogen-bond donors (Lipinski definition) is 1. The highest BCUT2D eigenvalue weighted by Gasteiger charge is 2.22. The van der Waals surface area contributed by atoms with Crippen LogP contribution in [0, 0.1) is 0 Å². The first-order valence-corrected chi connectivity index (χ1v) is 6.44. The van der Waals surface area contributed by atoms with Crippen LogP contribution in [0.25, 0.3) is 0 Å². The largest absolute Gasteiger partial charge is 0.382 e. The van der Waals surface area contributed by atoms with Crippen LogP contribution in [0.15, 0.2) is 72.5 Å². The molecule has 0 amide bonds. The maximum Gasteiger partial charge on any atom is 0.0342 e. The topological polar surface area (TPSA) is 12.0 Å². The zero-order valence-corrected chi connectivity index (χ0v) is 11.4. The van der Waals surface area contributed by atoms with E-state index in [0.29, 0.717) is 6.04 Å². The van der Waals surface area contributed by atoms with Gasteiger partial charge in [0.05, 0.1) is 0 Å². The molecule has 0 aliphatic heterocycles. The fourth-order valence-electron chi connectivity index (χ4n) is 2.28. The molecule has 1 aliphatic rings. The quantitative estimate of drug-likeness (QED) is 0.701. The summed E-state index contributed by atoms with van der Waals surface area (Å²) in [6.07, 6.45) is 16.2. The predicted molar refractivity (Wildman–Crippen MR) is 81.3 cm³/mol. The minimum absolute atomic E-state index is 0.463. The normalized spacial score (nSPS) is 25.0. The van der Waals surface area contributed by atoms with Gasteiger partial charge in [0.25, 0.3) is 0 Å². The van der Waals surface area contributed by atoms with E-state index in [1.165, 1.54) is 11.1 Å². The third-order valence-corrected chi connectivity index (χ3v) is 3.03. The van der Waals surface area contributed by atoms with Gasteiger partial charge < -0.3 is 5.32 Å². The summed E-state index contributed by atoms with van der Waals surface area (Å²) >= 11 is 0. The molecule has 96 valence electrons. The van der Waals surface area contributed by atoms with Crippen molar-refractivity contribution in [3.05, 3.63) is 72.5 Å². The molecule has 0 heterocycles. The Morgan fingerprint density at radius 2 is 1.89 bits per heavy atom. The summed E-state index contributed by atoms with van der Waals surface area (Å²) in [7, 11) is 0.